The number of nitrogens with one attached hydrogen (secondary N) is 1. The van der Waals surface area contributed by atoms with Crippen LogP contribution in [0.3, 0.4) is 0 Å². The molecule has 0 bridgehead atoms. The Morgan fingerprint density at radius 1 is 1.24 bits per heavy atom. The Hall–Kier alpha value is -2.89. The molecule has 108 valence electrons. The van der Waals surface area contributed by atoms with E-state index >= 15 is 0 Å². The molecule has 0 atom stereocenters. The normalized spacial score (nSPS) is 10.0. The van der Waals surface area contributed by atoms with Gasteiger partial charge in [-0.3, -0.25) is 14.9 Å². The van der Waals surface area contributed by atoms with E-state index in [0.717, 1.165) is 5.56 Å². The molecule has 2 aromatic carbocycles. The molecule has 2 aromatic rings. The van der Waals surface area contributed by atoms with Crippen LogP contribution in [0.15, 0.2) is 42.5 Å². The van der Waals surface area contributed by atoms with Gasteiger partial charge in [-0.05, 0) is 30.7 Å². The number of nitro groups is 1. The number of methoxy groups -OCH3 is 1. The Labute approximate surface area is 121 Å². The van der Waals surface area contributed by atoms with E-state index in [4.69, 9.17) is 4.74 Å². The SMILES string of the molecule is COc1ccc([N+](=O)[O-])cc1C(=O)Nc1cccc(C)c1. The highest BCUT2D eigenvalue weighted by atomic mass is 16.6. The standard InChI is InChI=1S/C15H14N2O4/c1-10-4-3-5-11(8-10)16-15(18)13-9-12(17(19)20)6-7-14(13)21-2/h3-9H,1-2H3,(H,16,18). The topological polar surface area (TPSA) is 81.5 Å². The molecule has 0 saturated heterocycles. The predicted molar refractivity (Wildman–Crippen MR) is 78.8 cm³/mol. The van der Waals surface area contributed by atoms with Gasteiger partial charge in [0.2, 0.25) is 0 Å². The fraction of sp³-hybridized carbons (Fsp3) is 0.133. The van der Waals surface area contributed by atoms with Crippen LogP contribution in [0.25, 0.3) is 0 Å². The van der Waals surface area contributed by atoms with E-state index in [1.165, 1.54) is 25.3 Å². The number of benzene rings is 2. The summed E-state index contributed by atoms with van der Waals surface area (Å²) in [5.74, 6) is -0.174. The maximum absolute atomic E-state index is 12.3. The van der Waals surface area contributed by atoms with Crippen molar-refractivity contribution in [3.05, 3.63) is 63.7 Å². The largest absolute Gasteiger partial charge is 0.496 e. The number of anilines is 1. The highest BCUT2D eigenvalue weighted by Gasteiger charge is 2.17. The van der Waals surface area contributed by atoms with Gasteiger partial charge < -0.3 is 10.1 Å². The molecule has 0 fully saturated rings. The van der Waals surface area contributed by atoms with Crippen molar-refractivity contribution >= 4 is 17.3 Å². The summed E-state index contributed by atoms with van der Waals surface area (Å²) in [6.07, 6.45) is 0. The van der Waals surface area contributed by atoms with Crippen molar-refractivity contribution in [2.75, 3.05) is 12.4 Å². The average Bonchev–Trinajstić information content (AvgIpc) is 2.46. The first-order valence-electron chi connectivity index (χ1n) is 6.21. The lowest BCUT2D eigenvalue weighted by atomic mass is 10.1. The van der Waals surface area contributed by atoms with E-state index in [1.54, 1.807) is 6.07 Å². The van der Waals surface area contributed by atoms with Gasteiger partial charge >= 0.3 is 0 Å². The van der Waals surface area contributed by atoms with E-state index in [2.05, 4.69) is 5.32 Å². The fourth-order valence-electron chi connectivity index (χ4n) is 1.91. The number of carbonyl (C=O) groups is 1. The first-order valence-corrected chi connectivity index (χ1v) is 6.21. The second-order valence-corrected chi connectivity index (χ2v) is 4.47. The molecule has 21 heavy (non-hydrogen) atoms. The zero-order chi connectivity index (χ0) is 15.4. The lowest BCUT2D eigenvalue weighted by Crippen LogP contribution is -2.13. The molecule has 0 aliphatic carbocycles. The molecule has 0 saturated carbocycles. The van der Waals surface area contributed by atoms with E-state index in [-0.39, 0.29) is 17.0 Å². The number of nitrogens with zero attached hydrogens (tertiary/aromatic N) is 1. The smallest absolute Gasteiger partial charge is 0.270 e. The number of carbonyl (C=O) groups excluding carboxylic acids is 1. The number of hydrogen-bond donors (Lipinski definition) is 1. The van der Waals surface area contributed by atoms with Crippen LogP contribution in [0.2, 0.25) is 0 Å². The number of aryl methyl sites for hydroxylation is 1. The van der Waals surface area contributed by atoms with Gasteiger partial charge in [0, 0.05) is 17.8 Å². The summed E-state index contributed by atoms with van der Waals surface area (Å²) in [5, 5.41) is 13.5. The molecular formula is C15H14N2O4. The van der Waals surface area contributed by atoms with Crippen molar-refractivity contribution in [2.45, 2.75) is 6.92 Å². The fourth-order valence-corrected chi connectivity index (χ4v) is 1.91. The molecule has 2 rings (SSSR count). The van der Waals surface area contributed by atoms with Crippen LogP contribution in [0, 0.1) is 17.0 Å². The number of amides is 1. The zero-order valence-electron chi connectivity index (χ0n) is 11.6. The summed E-state index contributed by atoms with van der Waals surface area (Å²) in [4.78, 5) is 22.5. The van der Waals surface area contributed by atoms with Crippen LogP contribution in [-0.4, -0.2) is 17.9 Å². The maximum Gasteiger partial charge on any atom is 0.270 e. The second-order valence-electron chi connectivity index (χ2n) is 4.47. The van der Waals surface area contributed by atoms with Gasteiger partial charge in [0.1, 0.15) is 5.75 Å². The summed E-state index contributed by atoms with van der Waals surface area (Å²) in [6.45, 7) is 1.91. The average molecular weight is 286 g/mol. The van der Waals surface area contributed by atoms with Crippen molar-refractivity contribution in [3.8, 4) is 5.75 Å². The first kappa shape index (κ1) is 14.5. The molecule has 0 radical (unpaired) electrons. The summed E-state index contributed by atoms with van der Waals surface area (Å²) in [5.41, 5.74) is 1.57. The van der Waals surface area contributed by atoms with Gasteiger partial charge in [0.25, 0.3) is 11.6 Å². The molecule has 0 aliphatic heterocycles. The Morgan fingerprint density at radius 2 is 2.00 bits per heavy atom. The minimum atomic E-state index is -0.553. The van der Waals surface area contributed by atoms with Gasteiger partial charge in [0.05, 0.1) is 17.6 Å². The second kappa shape index (κ2) is 6.04. The zero-order valence-corrected chi connectivity index (χ0v) is 11.6. The van der Waals surface area contributed by atoms with Gasteiger partial charge in [-0.1, -0.05) is 12.1 Å². The molecular weight excluding hydrogens is 272 g/mol. The van der Waals surface area contributed by atoms with Gasteiger partial charge in [-0.2, -0.15) is 0 Å². The van der Waals surface area contributed by atoms with Crippen molar-refractivity contribution in [1.82, 2.24) is 0 Å². The molecule has 1 N–H and O–H groups in total. The quantitative estimate of drug-likeness (QED) is 0.691. The minimum absolute atomic E-state index is 0.119. The number of non-ortho nitro benzene ring substituents is 1. The van der Waals surface area contributed by atoms with Crippen LogP contribution in [-0.2, 0) is 0 Å². The summed E-state index contributed by atoms with van der Waals surface area (Å²) >= 11 is 0. The Morgan fingerprint density at radius 3 is 2.62 bits per heavy atom. The van der Waals surface area contributed by atoms with E-state index in [1.807, 2.05) is 25.1 Å². The summed E-state index contributed by atoms with van der Waals surface area (Å²) in [6, 6.07) is 11.2. The van der Waals surface area contributed by atoms with Crippen LogP contribution in [0.4, 0.5) is 11.4 Å². The first-order chi connectivity index (χ1) is 10.0. The molecule has 0 unspecified atom stereocenters. The van der Waals surface area contributed by atoms with E-state index < -0.39 is 10.8 Å². The summed E-state index contributed by atoms with van der Waals surface area (Å²) < 4.78 is 5.08. The van der Waals surface area contributed by atoms with E-state index in [9.17, 15) is 14.9 Å². The Balaban J connectivity index is 2.33. The van der Waals surface area contributed by atoms with Crippen molar-refractivity contribution in [1.29, 1.82) is 0 Å². The van der Waals surface area contributed by atoms with Gasteiger partial charge in [-0.15, -0.1) is 0 Å². The molecule has 6 heteroatoms. The van der Waals surface area contributed by atoms with Crippen molar-refractivity contribution in [2.24, 2.45) is 0 Å². The third-order valence-corrected chi connectivity index (χ3v) is 2.91. The maximum atomic E-state index is 12.3. The lowest BCUT2D eigenvalue weighted by molar-refractivity contribution is -0.384. The molecule has 0 aromatic heterocycles. The molecule has 0 spiro atoms. The van der Waals surface area contributed by atoms with Crippen LogP contribution in [0.5, 0.6) is 5.75 Å². The number of nitro benzene ring substituents is 1. The van der Waals surface area contributed by atoms with Crippen LogP contribution >= 0.6 is 0 Å². The highest BCUT2D eigenvalue weighted by Crippen LogP contribution is 2.25. The van der Waals surface area contributed by atoms with Crippen molar-refractivity contribution in [3.63, 3.8) is 0 Å². The molecule has 0 heterocycles. The predicted octanol–water partition coefficient (Wildman–Crippen LogP) is 3.16. The van der Waals surface area contributed by atoms with Gasteiger partial charge in [-0.25, -0.2) is 0 Å². The number of ether oxygens (including phenoxy) is 1. The lowest BCUT2D eigenvalue weighted by Gasteiger charge is -2.09. The van der Waals surface area contributed by atoms with Gasteiger partial charge in [0.15, 0.2) is 0 Å². The molecule has 1 amide bonds. The minimum Gasteiger partial charge on any atom is -0.496 e. The number of hydrogen-bond acceptors (Lipinski definition) is 4. The Bertz CT molecular complexity index is 698. The Kier molecular flexibility index (Phi) is 4.18. The monoisotopic (exact) mass is 286 g/mol. The third-order valence-electron chi connectivity index (χ3n) is 2.91. The molecule has 0 aliphatic rings. The number of rotatable bonds is 4. The van der Waals surface area contributed by atoms with E-state index in [0.29, 0.717) is 5.69 Å². The highest BCUT2D eigenvalue weighted by molar-refractivity contribution is 6.06. The van der Waals surface area contributed by atoms with Crippen LogP contribution in [0.1, 0.15) is 15.9 Å². The third kappa shape index (κ3) is 3.36. The molecule has 6 nitrogen and oxygen atoms in total. The summed E-state index contributed by atoms with van der Waals surface area (Å²) in [7, 11) is 1.41. The van der Waals surface area contributed by atoms with Crippen molar-refractivity contribution < 1.29 is 14.5 Å². The van der Waals surface area contributed by atoms with Crippen LogP contribution < -0.4 is 10.1 Å².